The maximum atomic E-state index is 4.63. The first-order chi connectivity index (χ1) is 11.1. The number of aliphatic imine (C=N–C) groups is 1. The van der Waals surface area contributed by atoms with Gasteiger partial charge in [-0.3, -0.25) is 4.99 Å². The van der Waals surface area contributed by atoms with Crippen LogP contribution in [0.2, 0.25) is 0 Å². The number of rotatable bonds is 6. The van der Waals surface area contributed by atoms with E-state index in [1.165, 1.54) is 11.1 Å². The van der Waals surface area contributed by atoms with Crippen LogP contribution < -0.4 is 10.6 Å². The maximum Gasteiger partial charge on any atom is 0.191 e. The summed E-state index contributed by atoms with van der Waals surface area (Å²) in [6.45, 7) is 8.01. The Bertz CT molecular complexity index is 629. The molecule has 124 valence electrons. The number of thiazole rings is 1. The fraction of sp³-hybridized carbons (Fsp3) is 0.444. The highest BCUT2D eigenvalue weighted by Gasteiger charge is 2.06. The number of guanidine groups is 1. The molecule has 2 rings (SSSR count). The van der Waals surface area contributed by atoms with Crippen LogP contribution in [0.3, 0.4) is 0 Å². The number of aryl methyl sites for hydroxylation is 1. The molecule has 2 N–H and O–H groups in total. The summed E-state index contributed by atoms with van der Waals surface area (Å²) in [4.78, 5) is 8.89. The van der Waals surface area contributed by atoms with Crippen LogP contribution in [0.25, 0.3) is 0 Å². The zero-order valence-corrected chi connectivity index (χ0v) is 15.2. The lowest BCUT2D eigenvalue weighted by Crippen LogP contribution is -2.37. The van der Waals surface area contributed by atoms with E-state index in [1.807, 2.05) is 0 Å². The molecule has 0 aliphatic carbocycles. The van der Waals surface area contributed by atoms with E-state index in [9.17, 15) is 0 Å². The topological polar surface area (TPSA) is 49.3 Å². The first-order valence-electron chi connectivity index (χ1n) is 8.03. The second-order valence-electron chi connectivity index (χ2n) is 5.91. The normalized spacial score (nSPS) is 11.8. The van der Waals surface area contributed by atoms with Crippen molar-refractivity contribution in [1.29, 1.82) is 0 Å². The molecule has 4 nitrogen and oxygen atoms in total. The fourth-order valence-corrected chi connectivity index (χ4v) is 3.03. The largest absolute Gasteiger partial charge is 0.356 e. The Hall–Kier alpha value is -1.88. The van der Waals surface area contributed by atoms with E-state index in [2.05, 4.69) is 71.0 Å². The highest BCUT2D eigenvalue weighted by atomic mass is 32.1. The van der Waals surface area contributed by atoms with Gasteiger partial charge in [0.2, 0.25) is 0 Å². The third-order valence-electron chi connectivity index (χ3n) is 3.62. The minimum atomic E-state index is 0.479. The number of aromatic nitrogens is 1. The zero-order chi connectivity index (χ0) is 16.7. The highest BCUT2D eigenvalue weighted by Crippen LogP contribution is 2.17. The average molecular weight is 331 g/mol. The summed E-state index contributed by atoms with van der Waals surface area (Å²) in [5.41, 5.74) is 3.79. The minimum absolute atomic E-state index is 0.479. The second kappa shape index (κ2) is 8.67. The van der Waals surface area contributed by atoms with Gasteiger partial charge in [0.05, 0.1) is 12.2 Å². The van der Waals surface area contributed by atoms with E-state index >= 15 is 0 Å². The number of hydrogen-bond donors (Lipinski definition) is 2. The molecule has 0 radical (unpaired) electrons. The van der Waals surface area contributed by atoms with Gasteiger partial charge in [0.1, 0.15) is 5.01 Å². The summed E-state index contributed by atoms with van der Waals surface area (Å²) in [6.07, 6.45) is 0.982. The molecule has 0 atom stereocenters. The molecule has 1 aromatic carbocycles. The van der Waals surface area contributed by atoms with Gasteiger partial charge in [-0.2, -0.15) is 0 Å². The highest BCUT2D eigenvalue weighted by molar-refractivity contribution is 7.09. The Morgan fingerprint density at radius 1 is 1.22 bits per heavy atom. The lowest BCUT2D eigenvalue weighted by atomic mass is 10.1. The Labute approximate surface area is 143 Å². The van der Waals surface area contributed by atoms with Crippen molar-refractivity contribution in [3.8, 4) is 0 Å². The zero-order valence-electron chi connectivity index (χ0n) is 14.4. The van der Waals surface area contributed by atoms with Crippen molar-refractivity contribution in [2.45, 2.75) is 39.7 Å². The van der Waals surface area contributed by atoms with Gasteiger partial charge >= 0.3 is 0 Å². The number of nitrogens with zero attached hydrogens (tertiary/aromatic N) is 2. The molecule has 5 heteroatoms. The molecular formula is C18H26N4S. The standard InChI is InChI=1S/C18H26N4S/c1-13(2)16-12-23-17(22-16)11-21-18(19-4)20-10-9-15-7-5-14(3)6-8-15/h5-8,12-13H,9-11H2,1-4H3,(H2,19,20,21). The number of benzene rings is 1. The van der Waals surface area contributed by atoms with Crippen molar-refractivity contribution >= 4 is 17.3 Å². The molecule has 0 fully saturated rings. The van der Waals surface area contributed by atoms with Crippen molar-refractivity contribution in [2.75, 3.05) is 13.6 Å². The van der Waals surface area contributed by atoms with E-state index in [0.29, 0.717) is 12.5 Å². The van der Waals surface area contributed by atoms with Crippen LogP contribution in [0.15, 0.2) is 34.6 Å². The van der Waals surface area contributed by atoms with Gasteiger partial charge in [-0.1, -0.05) is 43.7 Å². The van der Waals surface area contributed by atoms with Gasteiger partial charge in [-0.25, -0.2) is 4.98 Å². The number of nitrogens with one attached hydrogen (secondary N) is 2. The van der Waals surface area contributed by atoms with E-state index in [4.69, 9.17) is 0 Å². The Morgan fingerprint density at radius 2 is 1.96 bits per heavy atom. The Balaban J connectivity index is 1.75. The van der Waals surface area contributed by atoms with Gasteiger partial charge in [0, 0.05) is 19.0 Å². The van der Waals surface area contributed by atoms with Gasteiger partial charge in [0.25, 0.3) is 0 Å². The molecule has 2 aromatic rings. The summed E-state index contributed by atoms with van der Waals surface area (Å²) in [7, 11) is 1.79. The van der Waals surface area contributed by atoms with Crippen LogP contribution in [0, 0.1) is 6.92 Å². The van der Waals surface area contributed by atoms with Crippen LogP contribution in [0.5, 0.6) is 0 Å². The summed E-state index contributed by atoms with van der Waals surface area (Å²) < 4.78 is 0. The lowest BCUT2D eigenvalue weighted by Gasteiger charge is -2.11. The summed E-state index contributed by atoms with van der Waals surface area (Å²) >= 11 is 1.70. The van der Waals surface area contributed by atoms with Crippen molar-refractivity contribution in [3.63, 3.8) is 0 Å². The molecule has 1 aromatic heterocycles. The van der Waals surface area contributed by atoms with E-state index in [1.54, 1.807) is 18.4 Å². The smallest absolute Gasteiger partial charge is 0.191 e. The molecule has 23 heavy (non-hydrogen) atoms. The lowest BCUT2D eigenvalue weighted by molar-refractivity contribution is 0.778. The van der Waals surface area contributed by atoms with Crippen LogP contribution in [-0.4, -0.2) is 24.5 Å². The van der Waals surface area contributed by atoms with Gasteiger partial charge in [-0.15, -0.1) is 11.3 Å². The quantitative estimate of drug-likeness (QED) is 0.630. The van der Waals surface area contributed by atoms with Crippen LogP contribution >= 0.6 is 11.3 Å². The van der Waals surface area contributed by atoms with Crippen molar-refractivity contribution in [1.82, 2.24) is 15.6 Å². The molecule has 0 unspecified atom stereocenters. The molecule has 0 aliphatic heterocycles. The first kappa shape index (κ1) is 17.5. The third kappa shape index (κ3) is 5.67. The maximum absolute atomic E-state index is 4.63. The minimum Gasteiger partial charge on any atom is -0.356 e. The van der Waals surface area contributed by atoms with Crippen LogP contribution in [-0.2, 0) is 13.0 Å². The summed E-state index contributed by atoms with van der Waals surface area (Å²) in [5, 5.41) is 9.90. The van der Waals surface area contributed by atoms with E-state index in [-0.39, 0.29) is 0 Å². The monoisotopic (exact) mass is 330 g/mol. The van der Waals surface area contributed by atoms with E-state index in [0.717, 1.165) is 29.6 Å². The van der Waals surface area contributed by atoms with Gasteiger partial charge in [-0.05, 0) is 24.8 Å². The molecule has 0 amide bonds. The van der Waals surface area contributed by atoms with Crippen LogP contribution in [0.1, 0.15) is 41.6 Å². The summed E-state index contributed by atoms with van der Waals surface area (Å²) in [5.74, 6) is 1.30. The van der Waals surface area contributed by atoms with Crippen molar-refractivity contribution in [2.24, 2.45) is 4.99 Å². The summed E-state index contributed by atoms with van der Waals surface area (Å²) in [6, 6.07) is 8.65. The predicted molar refractivity (Wildman–Crippen MR) is 99.3 cm³/mol. The molecule has 0 aliphatic rings. The molecule has 1 heterocycles. The second-order valence-corrected chi connectivity index (χ2v) is 6.85. The molecule has 0 saturated carbocycles. The number of hydrogen-bond acceptors (Lipinski definition) is 3. The van der Waals surface area contributed by atoms with Crippen molar-refractivity contribution in [3.05, 3.63) is 51.5 Å². The van der Waals surface area contributed by atoms with Crippen molar-refractivity contribution < 1.29 is 0 Å². The molecular weight excluding hydrogens is 304 g/mol. The predicted octanol–water partition coefficient (Wildman–Crippen LogP) is 3.48. The average Bonchev–Trinajstić information content (AvgIpc) is 3.01. The van der Waals surface area contributed by atoms with Gasteiger partial charge < -0.3 is 10.6 Å². The van der Waals surface area contributed by atoms with E-state index < -0.39 is 0 Å². The SMILES string of the molecule is CN=C(NCCc1ccc(C)cc1)NCc1nc(C(C)C)cs1. The van der Waals surface area contributed by atoms with Gasteiger partial charge in [0.15, 0.2) is 5.96 Å². The van der Waals surface area contributed by atoms with Crippen LogP contribution in [0.4, 0.5) is 0 Å². The Kier molecular flexibility index (Phi) is 6.59. The molecule has 0 spiro atoms. The Morgan fingerprint density at radius 3 is 2.57 bits per heavy atom. The molecule has 0 saturated heterocycles. The molecule has 0 bridgehead atoms. The first-order valence-corrected chi connectivity index (χ1v) is 8.91. The third-order valence-corrected chi connectivity index (χ3v) is 4.49. The fourth-order valence-electron chi connectivity index (χ4n) is 2.13.